The van der Waals surface area contributed by atoms with Gasteiger partial charge in [-0.1, -0.05) is 13.8 Å². The molecule has 0 aliphatic rings. The Kier molecular flexibility index (Phi) is 10.2. The number of nitrogens with zero attached hydrogens (tertiary/aromatic N) is 1. The lowest BCUT2D eigenvalue weighted by Crippen LogP contribution is -2.45. The molecule has 0 radical (unpaired) electrons. The van der Waals surface area contributed by atoms with Gasteiger partial charge in [-0.2, -0.15) is 0 Å². The Hall–Kier alpha value is -1.63. The molecule has 0 rings (SSSR count). The summed E-state index contributed by atoms with van der Waals surface area (Å²) in [6, 6.07) is -0.427. The van der Waals surface area contributed by atoms with E-state index in [0.717, 1.165) is 0 Å². The van der Waals surface area contributed by atoms with E-state index >= 15 is 0 Å². The highest BCUT2D eigenvalue weighted by atomic mass is 16.5. The summed E-state index contributed by atoms with van der Waals surface area (Å²) < 4.78 is 4.95. The number of carbonyl (C=O) groups is 3. The zero-order valence-corrected chi connectivity index (χ0v) is 13.1. The van der Waals surface area contributed by atoms with E-state index in [0.29, 0.717) is 38.5 Å². The standard InChI is InChI=1S/C14H26N2O5/c1-11(2)10-16(8-9-21-3)14(20)15-12(17)6-4-5-7-13(18)19/h11H,4-10H2,1-3H3,(H,18,19)(H,15,17,20). The van der Waals surface area contributed by atoms with Crippen molar-refractivity contribution in [1.82, 2.24) is 10.2 Å². The van der Waals surface area contributed by atoms with Gasteiger partial charge in [0, 0.05) is 33.0 Å². The van der Waals surface area contributed by atoms with Crippen molar-refractivity contribution in [3.05, 3.63) is 0 Å². The molecule has 0 unspecified atom stereocenters. The number of imide groups is 1. The van der Waals surface area contributed by atoms with Crippen LogP contribution >= 0.6 is 0 Å². The van der Waals surface area contributed by atoms with Crippen molar-refractivity contribution in [2.24, 2.45) is 5.92 Å². The van der Waals surface area contributed by atoms with Crippen LogP contribution < -0.4 is 5.32 Å². The second kappa shape index (κ2) is 11.1. The van der Waals surface area contributed by atoms with E-state index in [-0.39, 0.29) is 18.7 Å². The number of methoxy groups -OCH3 is 1. The molecule has 0 aromatic carbocycles. The van der Waals surface area contributed by atoms with E-state index < -0.39 is 12.0 Å². The largest absolute Gasteiger partial charge is 0.481 e. The van der Waals surface area contributed by atoms with Crippen LogP contribution in [0.25, 0.3) is 0 Å². The number of nitrogens with one attached hydrogen (secondary N) is 1. The van der Waals surface area contributed by atoms with Crippen LogP contribution in [0.1, 0.15) is 39.5 Å². The summed E-state index contributed by atoms with van der Waals surface area (Å²) in [4.78, 5) is 35.5. The maximum atomic E-state index is 12.0. The number of carboxylic acid groups (broad SMARTS) is 1. The Balaban J connectivity index is 4.14. The minimum Gasteiger partial charge on any atom is -0.481 e. The summed E-state index contributed by atoms with van der Waals surface area (Å²) in [5.74, 6) is -0.969. The molecule has 0 atom stereocenters. The first-order valence-electron chi connectivity index (χ1n) is 7.16. The van der Waals surface area contributed by atoms with E-state index in [1.807, 2.05) is 13.8 Å². The molecule has 0 fully saturated rings. The third-order valence-electron chi connectivity index (χ3n) is 2.73. The molecule has 3 amide bonds. The minimum atomic E-state index is -0.880. The number of unbranched alkanes of at least 4 members (excludes halogenated alkanes) is 1. The first-order chi connectivity index (χ1) is 9.86. The number of aliphatic carboxylic acids is 1. The number of urea groups is 1. The monoisotopic (exact) mass is 302 g/mol. The van der Waals surface area contributed by atoms with Crippen LogP contribution in [0.4, 0.5) is 4.79 Å². The number of ether oxygens (including phenoxy) is 1. The third-order valence-corrected chi connectivity index (χ3v) is 2.73. The minimum absolute atomic E-state index is 0.0362. The molecular weight excluding hydrogens is 276 g/mol. The van der Waals surface area contributed by atoms with Crippen LogP contribution in [0.5, 0.6) is 0 Å². The zero-order chi connectivity index (χ0) is 16.3. The molecule has 122 valence electrons. The summed E-state index contributed by atoms with van der Waals surface area (Å²) >= 11 is 0. The van der Waals surface area contributed by atoms with Crippen molar-refractivity contribution in [2.45, 2.75) is 39.5 Å². The maximum absolute atomic E-state index is 12.0. The Morgan fingerprint density at radius 3 is 2.33 bits per heavy atom. The Morgan fingerprint density at radius 2 is 1.81 bits per heavy atom. The van der Waals surface area contributed by atoms with Gasteiger partial charge in [-0.05, 0) is 18.8 Å². The molecule has 0 aliphatic carbocycles. The zero-order valence-electron chi connectivity index (χ0n) is 13.1. The van der Waals surface area contributed by atoms with Crippen molar-refractivity contribution < 1.29 is 24.2 Å². The van der Waals surface area contributed by atoms with Crippen molar-refractivity contribution in [3.63, 3.8) is 0 Å². The molecule has 0 aliphatic heterocycles. The first-order valence-corrected chi connectivity index (χ1v) is 7.16. The van der Waals surface area contributed by atoms with Crippen LogP contribution in [0, 0.1) is 5.92 Å². The fraction of sp³-hybridized carbons (Fsp3) is 0.786. The van der Waals surface area contributed by atoms with Crippen LogP contribution in [0.15, 0.2) is 0 Å². The number of carbonyl (C=O) groups excluding carboxylic acids is 2. The second-order valence-corrected chi connectivity index (χ2v) is 5.29. The number of amides is 3. The molecule has 21 heavy (non-hydrogen) atoms. The van der Waals surface area contributed by atoms with E-state index in [1.165, 1.54) is 0 Å². The lowest BCUT2D eigenvalue weighted by Gasteiger charge is -2.24. The van der Waals surface area contributed by atoms with E-state index in [2.05, 4.69) is 5.32 Å². The van der Waals surface area contributed by atoms with Gasteiger partial charge in [0.05, 0.1) is 6.61 Å². The van der Waals surface area contributed by atoms with Gasteiger partial charge in [-0.15, -0.1) is 0 Å². The topological polar surface area (TPSA) is 95.9 Å². The summed E-state index contributed by atoms with van der Waals surface area (Å²) in [5.41, 5.74) is 0. The molecule has 7 heteroatoms. The lowest BCUT2D eigenvalue weighted by molar-refractivity contribution is -0.137. The van der Waals surface area contributed by atoms with Gasteiger partial charge in [0.25, 0.3) is 0 Å². The number of rotatable bonds is 10. The Bertz CT molecular complexity index is 344. The van der Waals surface area contributed by atoms with Crippen LogP contribution in [0.2, 0.25) is 0 Å². The van der Waals surface area contributed by atoms with Crippen molar-refractivity contribution >= 4 is 17.9 Å². The normalized spacial score (nSPS) is 10.5. The predicted molar refractivity (Wildman–Crippen MR) is 77.9 cm³/mol. The van der Waals surface area contributed by atoms with Crippen molar-refractivity contribution in [1.29, 1.82) is 0 Å². The molecule has 0 saturated carbocycles. The fourth-order valence-corrected chi connectivity index (χ4v) is 1.74. The molecule has 0 heterocycles. The van der Waals surface area contributed by atoms with Gasteiger partial charge in [0.1, 0.15) is 0 Å². The van der Waals surface area contributed by atoms with Gasteiger partial charge in [-0.25, -0.2) is 4.79 Å². The van der Waals surface area contributed by atoms with Crippen LogP contribution in [0.3, 0.4) is 0 Å². The first kappa shape index (κ1) is 19.4. The molecule has 0 saturated heterocycles. The summed E-state index contributed by atoms with van der Waals surface area (Å²) in [6.45, 7) is 5.35. The molecule has 0 aromatic rings. The van der Waals surface area contributed by atoms with E-state index in [1.54, 1.807) is 12.0 Å². The third kappa shape index (κ3) is 10.8. The van der Waals surface area contributed by atoms with Gasteiger partial charge >= 0.3 is 12.0 Å². The average molecular weight is 302 g/mol. The molecular formula is C14H26N2O5. The van der Waals surface area contributed by atoms with Crippen molar-refractivity contribution in [2.75, 3.05) is 26.8 Å². The van der Waals surface area contributed by atoms with Crippen LogP contribution in [-0.4, -0.2) is 54.7 Å². The highest BCUT2D eigenvalue weighted by Gasteiger charge is 2.17. The van der Waals surface area contributed by atoms with Crippen LogP contribution in [-0.2, 0) is 14.3 Å². The van der Waals surface area contributed by atoms with Gasteiger partial charge in [0.15, 0.2) is 0 Å². The summed E-state index contributed by atoms with van der Waals surface area (Å²) in [5, 5.41) is 10.8. The molecule has 0 aromatic heterocycles. The summed E-state index contributed by atoms with van der Waals surface area (Å²) in [6.07, 6.45) is 1.07. The molecule has 7 nitrogen and oxygen atoms in total. The smallest absolute Gasteiger partial charge is 0.324 e. The average Bonchev–Trinajstić information content (AvgIpc) is 2.38. The van der Waals surface area contributed by atoms with Gasteiger partial charge in [0.2, 0.25) is 5.91 Å². The molecule has 2 N–H and O–H groups in total. The fourth-order valence-electron chi connectivity index (χ4n) is 1.74. The Labute approximate surface area is 125 Å². The lowest BCUT2D eigenvalue weighted by atomic mass is 10.2. The molecule has 0 spiro atoms. The molecule has 0 bridgehead atoms. The SMILES string of the molecule is COCCN(CC(C)C)C(=O)NC(=O)CCCCC(=O)O. The quantitative estimate of drug-likeness (QED) is 0.596. The summed E-state index contributed by atoms with van der Waals surface area (Å²) in [7, 11) is 1.55. The maximum Gasteiger partial charge on any atom is 0.324 e. The number of carboxylic acids is 1. The van der Waals surface area contributed by atoms with Crippen molar-refractivity contribution in [3.8, 4) is 0 Å². The second-order valence-electron chi connectivity index (χ2n) is 5.29. The number of hydrogen-bond donors (Lipinski definition) is 2. The van der Waals surface area contributed by atoms with E-state index in [9.17, 15) is 14.4 Å². The Morgan fingerprint density at radius 1 is 1.19 bits per heavy atom. The highest BCUT2D eigenvalue weighted by molar-refractivity contribution is 5.94. The van der Waals surface area contributed by atoms with Gasteiger partial charge < -0.3 is 14.7 Å². The van der Waals surface area contributed by atoms with E-state index in [4.69, 9.17) is 9.84 Å². The number of hydrogen-bond acceptors (Lipinski definition) is 4. The van der Waals surface area contributed by atoms with Gasteiger partial charge in [-0.3, -0.25) is 14.9 Å². The predicted octanol–water partition coefficient (Wildman–Crippen LogP) is 1.47. The highest BCUT2D eigenvalue weighted by Crippen LogP contribution is 2.02.